The van der Waals surface area contributed by atoms with E-state index in [1.54, 1.807) is 39.0 Å². The molecule has 0 aliphatic rings. The Morgan fingerprint density at radius 3 is 2.42 bits per heavy atom. The van der Waals surface area contributed by atoms with Gasteiger partial charge in [0.15, 0.2) is 0 Å². The molecular weight excluding hydrogens is 246 g/mol. The first-order valence-corrected chi connectivity index (χ1v) is 5.92. The fraction of sp³-hybridized carbons (Fsp3) is 0.429. The first-order chi connectivity index (χ1) is 8.74. The van der Waals surface area contributed by atoms with Gasteiger partial charge in [-0.1, -0.05) is 12.1 Å². The Balaban J connectivity index is 2.99. The summed E-state index contributed by atoms with van der Waals surface area (Å²) in [6.45, 7) is 5.35. The van der Waals surface area contributed by atoms with E-state index in [1.807, 2.05) is 0 Å². The number of nitrogens with two attached hydrogens (primary N) is 1. The molecule has 1 rings (SSSR count). The van der Waals surface area contributed by atoms with Gasteiger partial charge in [-0.15, -0.1) is 0 Å². The van der Waals surface area contributed by atoms with Crippen molar-refractivity contribution in [2.24, 2.45) is 0 Å². The number of benzene rings is 1. The number of anilines is 1. The molecule has 104 valence electrons. The van der Waals surface area contributed by atoms with Gasteiger partial charge in [0.05, 0.1) is 19.1 Å². The molecule has 0 bridgehead atoms. The molecule has 5 nitrogen and oxygen atoms in total. The largest absolute Gasteiger partial charge is 0.465 e. The van der Waals surface area contributed by atoms with Crippen molar-refractivity contribution in [1.82, 2.24) is 0 Å². The van der Waals surface area contributed by atoms with E-state index in [1.165, 1.54) is 7.11 Å². The average molecular weight is 265 g/mol. The van der Waals surface area contributed by atoms with Crippen molar-refractivity contribution >= 4 is 17.6 Å². The van der Waals surface area contributed by atoms with Gasteiger partial charge in [-0.2, -0.15) is 0 Å². The van der Waals surface area contributed by atoms with Crippen molar-refractivity contribution in [3.63, 3.8) is 0 Å². The monoisotopic (exact) mass is 265 g/mol. The summed E-state index contributed by atoms with van der Waals surface area (Å²) in [6, 6.07) is 4.93. The molecular formula is C14H19NO4. The highest BCUT2D eigenvalue weighted by atomic mass is 16.6. The predicted octanol–water partition coefficient (Wildman–Crippen LogP) is 1.94. The highest BCUT2D eigenvalue weighted by molar-refractivity contribution is 5.97. The fourth-order valence-electron chi connectivity index (χ4n) is 1.65. The van der Waals surface area contributed by atoms with Crippen molar-refractivity contribution in [2.45, 2.75) is 32.8 Å². The third-order valence-corrected chi connectivity index (χ3v) is 2.33. The van der Waals surface area contributed by atoms with Crippen molar-refractivity contribution < 1.29 is 19.1 Å². The lowest BCUT2D eigenvalue weighted by Gasteiger charge is -2.20. The van der Waals surface area contributed by atoms with Gasteiger partial charge >= 0.3 is 11.9 Å². The minimum atomic E-state index is -0.567. The van der Waals surface area contributed by atoms with Crippen LogP contribution in [0.25, 0.3) is 0 Å². The second-order valence-electron chi connectivity index (χ2n) is 5.14. The van der Waals surface area contributed by atoms with Crippen LogP contribution in [0.2, 0.25) is 0 Å². The van der Waals surface area contributed by atoms with E-state index in [0.717, 1.165) is 0 Å². The third kappa shape index (κ3) is 4.28. The number of rotatable bonds is 3. The SMILES string of the molecule is COC(=O)c1c(N)cccc1CC(=O)OC(C)(C)C. The number of nitrogen functional groups attached to an aromatic ring is 1. The molecule has 0 saturated carbocycles. The van der Waals surface area contributed by atoms with Gasteiger partial charge in [-0.3, -0.25) is 4.79 Å². The van der Waals surface area contributed by atoms with Crippen molar-refractivity contribution in [1.29, 1.82) is 0 Å². The number of carbonyl (C=O) groups is 2. The molecule has 0 saturated heterocycles. The third-order valence-electron chi connectivity index (χ3n) is 2.33. The Morgan fingerprint density at radius 2 is 1.89 bits per heavy atom. The average Bonchev–Trinajstić information content (AvgIpc) is 2.25. The van der Waals surface area contributed by atoms with Gasteiger partial charge in [0.25, 0.3) is 0 Å². The number of carbonyl (C=O) groups excluding carboxylic acids is 2. The lowest BCUT2D eigenvalue weighted by Crippen LogP contribution is -2.25. The minimum Gasteiger partial charge on any atom is -0.465 e. The summed E-state index contributed by atoms with van der Waals surface area (Å²) in [6.07, 6.45) is -0.0211. The van der Waals surface area contributed by atoms with Crippen molar-refractivity contribution in [2.75, 3.05) is 12.8 Å². The van der Waals surface area contributed by atoms with Crippen LogP contribution in [0.15, 0.2) is 18.2 Å². The highest BCUT2D eigenvalue weighted by Gasteiger charge is 2.21. The van der Waals surface area contributed by atoms with Crippen LogP contribution >= 0.6 is 0 Å². The molecule has 0 heterocycles. The Hall–Kier alpha value is -2.04. The lowest BCUT2D eigenvalue weighted by atomic mass is 10.0. The van der Waals surface area contributed by atoms with E-state index in [2.05, 4.69) is 4.74 Å². The molecule has 0 aliphatic heterocycles. The van der Waals surface area contributed by atoms with Gasteiger partial charge in [0.2, 0.25) is 0 Å². The molecule has 0 unspecified atom stereocenters. The molecule has 0 aromatic heterocycles. The summed E-state index contributed by atoms with van der Waals surface area (Å²) < 4.78 is 9.89. The zero-order valence-electron chi connectivity index (χ0n) is 11.6. The van der Waals surface area contributed by atoms with Crippen LogP contribution < -0.4 is 5.73 Å². The summed E-state index contributed by atoms with van der Waals surface area (Å²) in [5.41, 5.74) is 6.19. The van der Waals surface area contributed by atoms with Crippen LogP contribution in [0.5, 0.6) is 0 Å². The summed E-state index contributed by atoms with van der Waals surface area (Å²) in [5.74, 6) is -0.972. The Morgan fingerprint density at radius 1 is 1.26 bits per heavy atom. The van der Waals surface area contributed by atoms with E-state index in [-0.39, 0.29) is 17.7 Å². The molecule has 1 aromatic carbocycles. The van der Waals surface area contributed by atoms with Crippen LogP contribution in [-0.4, -0.2) is 24.6 Å². The fourth-order valence-corrected chi connectivity index (χ4v) is 1.65. The summed E-state index contributed by atoms with van der Waals surface area (Å²) in [5, 5.41) is 0. The zero-order valence-corrected chi connectivity index (χ0v) is 11.6. The van der Waals surface area contributed by atoms with Gasteiger partial charge in [-0.25, -0.2) is 4.79 Å². The molecule has 0 amide bonds. The second-order valence-corrected chi connectivity index (χ2v) is 5.14. The maximum atomic E-state index is 11.8. The van der Waals surface area contributed by atoms with Crippen LogP contribution in [-0.2, 0) is 20.7 Å². The van der Waals surface area contributed by atoms with E-state index < -0.39 is 17.5 Å². The van der Waals surface area contributed by atoms with Gasteiger partial charge in [0.1, 0.15) is 5.60 Å². The molecule has 0 spiro atoms. The molecule has 5 heteroatoms. The quantitative estimate of drug-likeness (QED) is 0.667. The van der Waals surface area contributed by atoms with E-state index >= 15 is 0 Å². The summed E-state index contributed by atoms with van der Waals surface area (Å²) >= 11 is 0. The number of hydrogen-bond acceptors (Lipinski definition) is 5. The number of methoxy groups -OCH3 is 1. The molecule has 0 atom stereocenters. The van der Waals surface area contributed by atoms with Crippen molar-refractivity contribution in [3.05, 3.63) is 29.3 Å². The number of ether oxygens (including phenoxy) is 2. The van der Waals surface area contributed by atoms with E-state index in [4.69, 9.17) is 10.5 Å². The molecule has 19 heavy (non-hydrogen) atoms. The minimum absolute atomic E-state index is 0.0211. The van der Waals surface area contributed by atoms with Crippen LogP contribution in [0.3, 0.4) is 0 Å². The van der Waals surface area contributed by atoms with E-state index in [0.29, 0.717) is 5.56 Å². The van der Waals surface area contributed by atoms with Gasteiger partial charge in [0, 0.05) is 5.69 Å². The predicted molar refractivity (Wildman–Crippen MR) is 71.7 cm³/mol. The lowest BCUT2D eigenvalue weighted by molar-refractivity contribution is -0.153. The number of hydrogen-bond donors (Lipinski definition) is 1. The second kappa shape index (κ2) is 5.73. The Bertz CT molecular complexity index is 489. The topological polar surface area (TPSA) is 78.6 Å². The maximum Gasteiger partial charge on any atom is 0.340 e. The number of esters is 2. The summed E-state index contributed by atoms with van der Waals surface area (Å²) in [7, 11) is 1.27. The van der Waals surface area contributed by atoms with Gasteiger partial charge < -0.3 is 15.2 Å². The molecule has 1 aromatic rings. The van der Waals surface area contributed by atoms with Gasteiger partial charge in [-0.05, 0) is 32.4 Å². The highest BCUT2D eigenvalue weighted by Crippen LogP contribution is 2.20. The Labute approximate surface area is 112 Å². The smallest absolute Gasteiger partial charge is 0.340 e. The zero-order chi connectivity index (χ0) is 14.6. The summed E-state index contributed by atoms with van der Waals surface area (Å²) in [4.78, 5) is 23.5. The first kappa shape index (κ1) is 15.0. The van der Waals surface area contributed by atoms with Crippen LogP contribution in [0.1, 0.15) is 36.7 Å². The first-order valence-electron chi connectivity index (χ1n) is 5.92. The van der Waals surface area contributed by atoms with Crippen LogP contribution in [0.4, 0.5) is 5.69 Å². The standard InChI is InChI=1S/C14H19NO4/c1-14(2,3)19-11(16)8-9-6-5-7-10(15)12(9)13(17)18-4/h5-7H,8,15H2,1-4H3. The molecule has 0 radical (unpaired) electrons. The molecule has 0 fully saturated rings. The van der Waals surface area contributed by atoms with Crippen molar-refractivity contribution in [3.8, 4) is 0 Å². The normalized spacial score (nSPS) is 10.9. The molecule has 2 N–H and O–H groups in total. The Kier molecular flexibility index (Phi) is 4.53. The van der Waals surface area contributed by atoms with E-state index in [9.17, 15) is 9.59 Å². The van der Waals surface area contributed by atoms with Crippen LogP contribution in [0, 0.1) is 0 Å². The molecule has 0 aliphatic carbocycles. The maximum absolute atomic E-state index is 11.8.